The van der Waals surface area contributed by atoms with E-state index in [1.807, 2.05) is 0 Å². The van der Waals surface area contributed by atoms with Crippen LogP contribution < -0.4 is 22.1 Å². The number of benzene rings is 1. The second kappa shape index (κ2) is 23.3. The van der Waals surface area contributed by atoms with E-state index in [1.165, 1.54) is 0 Å². The fourth-order valence-corrected chi connectivity index (χ4v) is 2.73. The fraction of sp³-hybridized carbons (Fsp3) is 0.667. The molecule has 0 fully saturated rings. The molecule has 206 valence electrons. The Morgan fingerprint density at radius 1 is 0.556 bits per heavy atom. The van der Waals surface area contributed by atoms with Crippen LogP contribution in [0.1, 0.15) is 20.7 Å². The third-order valence-corrected chi connectivity index (χ3v) is 4.46. The van der Waals surface area contributed by atoms with Crippen molar-refractivity contribution in [1.29, 1.82) is 0 Å². The Morgan fingerprint density at radius 3 is 1.25 bits per heavy atom. The molecule has 1 aromatic carbocycles. The zero-order valence-electron chi connectivity index (χ0n) is 21.0. The normalized spacial score (nSPS) is 10.9. The number of rotatable bonds is 24. The molecule has 0 saturated carbocycles. The number of amides is 2. The molecule has 0 aliphatic rings. The minimum absolute atomic E-state index is 0.279. The van der Waals surface area contributed by atoms with Crippen LogP contribution >= 0.6 is 0 Å². The molecule has 6 N–H and O–H groups in total. The fourth-order valence-electron chi connectivity index (χ4n) is 2.73. The van der Waals surface area contributed by atoms with Crippen LogP contribution in [0.4, 0.5) is 0 Å². The van der Waals surface area contributed by atoms with Gasteiger partial charge in [0.25, 0.3) is 11.8 Å². The molecule has 0 aliphatic heterocycles. The van der Waals surface area contributed by atoms with Crippen molar-refractivity contribution in [2.45, 2.75) is 0 Å². The average molecular weight is 515 g/mol. The number of nitrogens with one attached hydrogen (secondary N) is 2. The lowest BCUT2D eigenvalue weighted by Gasteiger charge is -2.09. The summed E-state index contributed by atoms with van der Waals surface area (Å²) in [6, 6.07) is 6.52. The van der Waals surface area contributed by atoms with E-state index in [-0.39, 0.29) is 11.8 Å². The van der Waals surface area contributed by atoms with Crippen molar-refractivity contribution in [2.24, 2.45) is 11.5 Å². The van der Waals surface area contributed by atoms with Crippen LogP contribution in [0.5, 0.6) is 0 Å². The van der Waals surface area contributed by atoms with E-state index >= 15 is 0 Å². The van der Waals surface area contributed by atoms with Gasteiger partial charge in [-0.05, 0) is 18.2 Å². The SMILES string of the molecule is NCCOCCOCCOCCNC(=O)c1cccc(C(=O)NCCOCCOCCOCCN)c1. The Bertz CT molecular complexity index is 643. The Kier molecular flexibility index (Phi) is 20.6. The van der Waals surface area contributed by atoms with Crippen LogP contribution in [0.15, 0.2) is 24.3 Å². The zero-order valence-corrected chi connectivity index (χ0v) is 21.0. The van der Waals surface area contributed by atoms with E-state index in [0.717, 1.165) is 0 Å². The summed E-state index contributed by atoms with van der Waals surface area (Å²) in [6.07, 6.45) is 0. The van der Waals surface area contributed by atoms with Gasteiger partial charge >= 0.3 is 0 Å². The maximum absolute atomic E-state index is 12.3. The number of ether oxygens (including phenoxy) is 6. The average Bonchev–Trinajstić information content (AvgIpc) is 2.90. The molecule has 0 radical (unpaired) electrons. The van der Waals surface area contributed by atoms with Crippen molar-refractivity contribution in [3.8, 4) is 0 Å². The summed E-state index contributed by atoms with van der Waals surface area (Å²) in [5.74, 6) is -0.559. The summed E-state index contributed by atoms with van der Waals surface area (Å²) in [5.41, 5.74) is 11.4. The quantitative estimate of drug-likeness (QED) is 0.128. The van der Waals surface area contributed by atoms with E-state index in [4.69, 9.17) is 39.9 Å². The first-order valence-electron chi connectivity index (χ1n) is 12.2. The van der Waals surface area contributed by atoms with E-state index in [2.05, 4.69) is 10.6 Å². The molecule has 0 aliphatic carbocycles. The molecule has 12 heteroatoms. The van der Waals surface area contributed by atoms with Crippen LogP contribution in [0.25, 0.3) is 0 Å². The Balaban J connectivity index is 2.10. The van der Waals surface area contributed by atoms with Gasteiger partial charge in [0.15, 0.2) is 0 Å². The predicted molar refractivity (Wildman–Crippen MR) is 134 cm³/mol. The second-order valence-electron chi connectivity index (χ2n) is 7.34. The van der Waals surface area contributed by atoms with E-state index in [9.17, 15) is 9.59 Å². The second-order valence-corrected chi connectivity index (χ2v) is 7.34. The van der Waals surface area contributed by atoms with Crippen LogP contribution in [0, 0.1) is 0 Å². The van der Waals surface area contributed by atoms with Crippen molar-refractivity contribution in [3.05, 3.63) is 35.4 Å². The van der Waals surface area contributed by atoms with Crippen LogP contribution in [-0.2, 0) is 28.4 Å². The van der Waals surface area contributed by atoms with Gasteiger partial charge in [-0.1, -0.05) is 6.07 Å². The molecule has 0 saturated heterocycles. The van der Waals surface area contributed by atoms with Crippen LogP contribution in [-0.4, -0.2) is 117 Å². The van der Waals surface area contributed by atoms with Gasteiger partial charge < -0.3 is 50.5 Å². The molecule has 1 rings (SSSR count). The molecule has 0 heterocycles. The summed E-state index contributed by atoms with van der Waals surface area (Å²) < 4.78 is 31.9. The number of nitrogens with two attached hydrogens (primary N) is 2. The van der Waals surface area contributed by atoms with Crippen molar-refractivity contribution in [1.82, 2.24) is 10.6 Å². The first-order chi connectivity index (χ1) is 17.7. The highest BCUT2D eigenvalue weighted by molar-refractivity contribution is 5.99. The third kappa shape index (κ3) is 17.3. The topological polar surface area (TPSA) is 166 Å². The first-order valence-corrected chi connectivity index (χ1v) is 12.2. The summed E-state index contributed by atoms with van der Waals surface area (Å²) >= 11 is 0. The lowest BCUT2D eigenvalue weighted by Crippen LogP contribution is -2.29. The van der Waals surface area contributed by atoms with E-state index < -0.39 is 0 Å². The molecule has 0 spiro atoms. The molecular formula is C24H42N4O8. The summed E-state index contributed by atoms with van der Waals surface area (Å²) in [7, 11) is 0. The number of hydrogen-bond acceptors (Lipinski definition) is 10. The van der Waals surface area contributed by atoms with Crippen molar-refractivity contribution in [3.63, 3.8) is 0 Å². The lowest BCUT2D eigenvalue weighted by molar-refractivity contribution is 0.0166. The van der Waals surface area contributed by atoms with Gasteiger partial charge in [0.2, 0.25) is 0 Å². The van der Waals surface area contributed by atoms with Gasteiger partial charge in [0.05, 0.1) is 79.3 Å². The minimum atomic E-state index is -0.279. The smallest absolute Gasteiger partial charge is 0.251 e. The summed E-state index contributed by atoms with van der Waals surface area (Å²) in [6.45, 7) is 7.12. The molecule has 0 atom stereocenters. The van der Waals surface area contributed by atoms with Crippen molar-refractivity contribution in [2.75, 3.05) is 105 Å². The van der Waals surface area contributed by atoms with Gasteiger partial charge in [0.1, 0.15) is 0 Å². The Morgan fingerprint density at radius 2 is 0.889 bits per heavy atom. The van der Waals surface area contributed by atoms with Crippen LogP contribution in [0.2, 0.25) is 0 Å². The van der Waals surface area contributed by atoms with Gasteiger partial charge in [-0.2, -0.15) is 0 Å². The number of carbonyl (C=O) groups is 2. The molecule has 0 bridgehead atoms. The summed E-state index contributed by atoms with van der Waals surface area (Å²) in [4.78, 5) is 24.7. The highest BCUT2D eigenvalue weighted by atomic mass is 16.5. The van der Waals surface area contributed by atoms with Crippen molar-refractivity contribution >= 4 is 11.8 Å². The van der Waals surface area contributed by atoms with E-state index in [0.29, 0.717) is 117 Å². The lowest BCUT2D eigenvalue weighted by atomic mass is 10.1. The van der Waals surface area contributed by atoms with Gasteiger partial charge in [-0.15, -0.1) is 0 Å². The highest BCUT2D eigenvalue weighted by Crippen LogP contribution is 2.05. The minimum Gasteiger partial charge on any atom is -0.378 e. The molecular weight excluding hydrogens is 472 g/mol. The van der Waals surface area contributed by atoms with Crippen LogP contribution in [0.3, 0.4) is 0 Å². The van der Waals surface area contributed by atoms with E-state index in [1.54, 1.807) is 24.3 Å². The standard InChI is InChI=1S/C24H42N4O8/c25-4-8-31-12-16-35-18-14-33-10-6-27-23(29)21-2-1-3-22(20-21)24(30)28-7-11-34-15-19-36-17-13-32-9-5-26/h1-3,20H,4-19,25-26H2,(H,27,29)(H,28,30). The number of hydrogen-bond donors (Lipinski definition) is 4. The Hall–Kier alpha value is -2.16. The molecule has 0 unspecified atom stereocenters. The van der Waals surface area contributed by atoms with Gasteiger partial charge in [0, 0.05) is 37.3 Å². The van der Waals surface area contributed by atoms with Gasteiger partial charge in [-0.25, -0.2) is 0 Å². The molecule has 36 heavy (non-hydrogen) atoms. The third-order valence-electron chi connectivity index (χ3n) is 4.46. The molecule has 12 nitrogen and oxygen atoms in total. The summed E-state index contributed by atoms with van der Waals surface area (Å²) in [5, 5.41) is 5.54. The predicted octanol–water partition coefficient (Wildman–Crippen LogP) is -0.837. The molecule has 0 aromatic heterocycles. The maximum atomic E-state index is 12.3. The number of carbonyl (C=O) groups excluding carboxylic acids is 2. The van der Waals surface area contributed by atoms with Crippen molar-refractivity contribution < 1.29 is 38.0 Å². The zero-order chi connectivity index (χ0) is 26.1. The molecule has 2 amide bonds. The maximum Gasteiger partial charge on any atom is 0.251 e. The Labute approximate surface area is 213 Å². The van der Waals surface area contributed by atoms with Gasteiger partial charge in [-0.3, -0.25) is 9.59 Å². The first kappa shape index (κ1) is 31.9. The largest absolute Gasteiger partial charge is 0.378 e. The molecule has 1 aromatic rings. The monoisotopic (exact) mass is 514 g/mol. The highest BCUT2D eigenvalue weighted by Gasteiger charge is 2.10.